The van der Waals surface area contributed by atoms with Crippen molar-refractivity contribution in [3.63, 3.8) is 0 Å². The Labute approximate surface area is 169 Å². The van der Waals surface area contributed by atoms with E-state index in [1.165, 1.54) is 70.6 Å². The predicted molar refractivity (Wildman–Crippen MR) is 115 cm³/mol. The van der Waals surface area contributed by atoms with Gasteiger partial charge in [0.25, 0.3) is 0 Å². The minimum Gasteiger partial charge on any atom is -0.370 e. The lowest BCUT2D eigenvalue weighted by Gasteiger charge is -2.64. The summed E-state index contributed by atoms with van der Waals surface area (Å²) in [7, 11) is 0. The van der Waals surface area contributed by atoms with E-state index in [2.05, 4.69) is 41.5 Å². The van der Waals surface area contributed by atoms with Gasteiger partial charge in [-0.15, -0.1) is 0 Å². The summed E-state index contributed by atoms with van der Waals surface area (Å²) >= 11 is 0. The summed E-state index contributed by atoms with van der Waals surface area (Å²) in [5.74, 6) is 3.77. The van der Waals surface area contributed by atoms with Gasteiger partial charge in [-0.25, -0.2) is 0 Å². The molecular weight excluding hydrogens is 328 g/mol. The van der Waals surface area contributed by atoms with Crippen molar-refractivity contribution in [2.75, 3.05) is 6.61 Å². The van der Waals surface area contributed by atoms with E-state index in [1.54, 1.807) is 0 Å². The zero-order chi connectivity index (χ0) is 19.5. The number of ether oxygens (including phenoxy) is 1. The van der Waals surface area contributed by atoms with Crippen LogP contribution in [0.2, 0.25) is 0 Å². The second-order valence-electron chi connectivity index (χ2n) is 11.7. The van der Waals surface area contributed by atoms with Crippen molar-refractivity contribution in [2.45, 2.75) is 118 Å². The fraction of sp³-hybridized carbons (Fsp3) is 1.00. The Morgan fingerprint density at radius 3 is 2.19 bits per heavy atom. The van der Waals surface area contributed by atoms with Gasteiger partial charge in [0.2, 0.25) is 0 Å². The van der Waals surface area contributed by atoms with Crippen LogP contribution < -0.4 is 0 Å². The monoisotopic (exact) mass is 374 g/mol. The highest BCUT2D eigenvalue weighted by Gasteiger charge is 2.66. The van der Waals surface area contributed by atoms with Gasteiger partial charge in [0.15, 0.2) is 0 Å². The molecule has 1 saturated heterocycles. The van der Waals surface area contributed by atoms with E-state index in [9.17, 15) is 0 Å². The third-order valence-electron chi connectivity index (χ3n) is 11.1. The van der Waals surface area contributed by atoms with E-state index in [-0.39, 0.29) is 5.60 Å². The Kier molecular flexibility index (Phi) is 5.06. The molecule has 27 heavy (non-hydrogen) atoms. The fourth-order valence-corrected chi connectivity index (χ4v) is 9.25. The molecule has 0 spiro atoms. The van der Waals surface area contributed by atoms with Crippen molar-refractivity contribution >= 4 is 0 Å². The quantitative estimate of drug-likeness (QED) is 0.435. The molecule has 0 amide bonds. The van der Waals surface area contributed by atoms with Gasteiger partial charge in [0.1, 0.15) is 0 Å². The minimum absolute atomic E-state index is 0.229. The highest BCUT2D eigenvalue weighted by atomic mass is 16.6. The molecule has 0 N–H and O–H groups in total. The number of hydrogen-bond acceptors (Lipinski definition) is 1. The number of epoxide rings is 1. The standard InChI is InChI=1S/C26H46O/c1-7-10-15-26(9-3)21-14-17-24(5)20(11-12-22(24)25(6)18-27-25)19(21)13-16-23(26,4)8-2/h19-22H,7-18H2,1-6H3. The Morgan fingerprint density at radius 1 is 0.852 bits per heavy atom. The largest absolute Gasteiger partial charge is 0.370 e. The maximum Gasteiger partial charge on any atom is 0.0921 e. The summed E-state index contributed by atoms with van der Waals surface area (Å²) in [6, 6.07) is 0. The first kappa shape index (κ1) is 20.2. The minimum atomic E-state index is 0.229. The highest BCUT2D eigenvalue weighted by molar-refractivity contribution is 5.15. The fourth-order valence-electron chi connectivity index (χ4n) is 9.25. The van der Waals surface area contributed by atoms with Gasteiger partial charge in [0, 0.05) is 0 Å². The van der Waals surface area contributed by atoms with Gasteiger partial charge in [-0.2, -0.15) is 0 Å². The zero-order valence-corrected chi connectivity index (χ0v) is 19.2. The number of hydrogen-bond donors (Lipinski definition) is 0. The molecule has 3 saturated carbocycles. The lowest BCUT2D eigenvalue weighted by Crippen LogP contribution is -2.57. The first-order valence-corrected chi connectivity index (χ1v) is 12.4. The molecule has 0 aromatic rings. The summed E-state index contributed by atoms with van der Waals surface area (Å²) < 4.78 is 6.00. The van der Waals surface area contributed by atoms with Gasteiger partial charge in [-0.3, -0.25) is 0 Å². The van der Waals surface area contributed by atoms with Crippen molar-refractivity contribution in [3.8, 4) is 0 Å². The van der Waals surface area contributed by atoms with Gasteiger partial charge in [-0.05, 0) is 98.2 Å². The molecule has 4 rings (SSSR count). The SMILES string of the molecule is CCCCC1(CC)C2CCC3(C)C(CCC3C3(C)CO3)C2CCC1(C)CC. The summed E-state index contributed by atoms with van der Waals surface area (Å²) in [4.78, 5) is 0. The summed E-state index contributed by atoms with van der Waals surface area (Å²) in [5, 5.41) is 0. The first-order chi connectivity index (χ1) is 12.8. The molecule has 4 fully saturated rings. The molecule has 0 aromatic carbocycles. The van der Waals surface area contributed by atoms with Gasteiger partial charge in [-0.1, -0.05) is 53.9 Å². The van der Waals surface area contributed by atoms with Crippen LogP contribution in [0.4, 0.5) is 0 Å². The van der Waals surface area contributed by atoms with Crippen LogP contribution in [0.1, 0.15) is 112 Å². The molecule has 1 heterocycles. The van der Waals surface area contributed by atoms with E-state index in [4.69, 9.17) is 4.74 Å². The smallest absolute Gasteiger partial charge is 0.0921 e. The van der Waals surface area contributed by atoms with Crippen LogP contribution in [0, 0.1) is 39.9 Å². The van der Waals surface area contributed by atoms with Crippen molar-refractivity contribution in [1.29, 1.82) is 0 Å². The van der Waals surface area contributed by atoms with E-state index in [0.717, 1.165) is 30.3 Å². The number of rotatable bonds is 6. The molecular formula is C26H46O. The van der Waals surface area contributed by atoms with Gasteiger partial charge >= 0.3 is 0 Å². The third kappa shape index (κ3) is 2.72. The van der Waals surface area contributed by atoms with Crippen LogP contribution >= 0.6 is 0 Å². The average molecular weight is 375 g/mol. The molecule has 1 aliphatic heterocycles. The second kappa shape index (κ2) is 6.75. The third-order valence-corrected chi connectivity index (χ3v) is 11.1. The van der Waals surface area contributed by atoms with Crippen LogP contribution in [0.3, 0.4) is 0 Å². The summed E-state index contributed by atoms with van der Waals surface area (Å²) in [6.45, 7) is 16.2. The van der Waals surface area contributed by atoms with Crippen molar-refractivity contribution in [3.05, 3.63) is 0 Å². The molecule has 3 aliphatic carbocycles. The maximum atomic E-state index is 6.00. The van der Waals surface area contributed by atoms with Gasteiger partial charge in [0.05, 0.1) is 12.2 Å². The lowest BCUT2D eigenvalue weighted by atomic mass is 9.40. The van der Waals surface area contributed by atoms with Crippen LogP contribution in [0.25, 0.3) is 0 Å². The normalized spacial score (nSPS) is 54.4. The van der Waals surface area contributed by atoms with Crippen LogP contribution in [0.15, 0.2) is 0 Å². The molecule has 0 aromatic heterocycles. The summed E-state index contributed by atoms with van der Waals surface area (Å²) in [6.07, 6.45) is 15.9. The molecule has 8 atom stereocenters. The molecule has 156 valence electrons. The predicted octanol–water partition coefficient (Wildman–Crippen LogP) is 7.63. The van der Waals surface area contributed by atoms with Crippen molar-refractivity contribution in [2.24, 2.45) is 39.9 Å². The van der Waals surface area contributed by atoms with E-state index < -0.39 is 0 Å². The average Bonchev–Trinajstić information content (AvgIpc) is 3.29. The molecule has 8 unspecified atom stereocenters. The van der Waals surface area contributed by atoms with E-state index >= 15 is 0 Å². The first-order valence-electron chi connectivity index (χ1n) is 12.4. The second-order valence-corrected chi connectivity index (χ2v) is 11.7. The van der Waals surface area contributed by atoms with Crippen molar-refractivity contribution in [1.82, 2.24) is 0 Å². The zero-order valence-electron chi connectivity index (χ0n) is 19.2. The van der Waals surface area contributed by atoms with E-state index in [1.807, 2.05) is 0 Å². The van der Waals surface area contributed by atoms with Crippen LogP contribution in [-0.2, 0) is 4.74 Å². The van der Waals surface area contributed by atoms with Gasteiger partial charge < -0.3 is 4.74 Å². The maximum absolute atomic E-state index is 6.00. The molecule has 4 aliphatic rings. The molecule has 1 nitrogen and oxygen atoms in total. The van der Waals surface area contributed by atoms with E-state index in [0.29, 0.717) is 16.2 Å². The van der Waals surface area contributed by atoms with Crippen molar-refractivity contribution < 1.29 is 4.74 Å². The van der Waals surface area contributed by atoms with Crippen LogP contribution in [0.5, 0.6) is 0 Å². The molecule has 0 radical (unpaired) electrons. The number of unbranched alkanes of at least 4 members (excludes halogenated alkanes) is 1. The Balaban J connectivity index is 1.66. The number of fused-ring (bicyclic) bond motifs is 3. The lowest BCUT2D eigenvalue weighted by molar-refractivity contribution is -0.153. The van der Waals surface area contributed by atoms with Crippen LogP contribution in [-0.4, -0.2) is 12.2 Å². The molecule has 1 heteroatoms. The Hall–Kier alpha value is -0.0400. The summed E-state index contributed by atoms with van der Waals surface area (Å²) in [5.41, 5.74) is 1.94. The Morgan fingerprint density at radius 2 is 1.59 bits per heavy atom. The Bertz CT molecular complexity index is 550. The topological polar surface area (TPSA) is 12.5 Å². The highest BCUT2D eigenvalue weighted by Crippen LogP contribution is 2.72. The molecule has 0 bridgehead atoms.